The van der Waals surface area contributed by atoms with Crippen LogP contribution < -0.4 is 15.4 Å². The van der Waals surface area contributed by atoms with Crippen molar-refractivity contribution >= 4 is 30.1 Å². The number of rotatable bonds is 6. The molecule has 2 atom stereocenters. The number of thioether (sulfide) groups is 1. The Bertz CT molecular complexity index is 467. The van der Waals surface area contributed by atoms with Gasteiger partial charge in [0.05, 0.1) is 12.6 Å². The Morgan fingerprint density at radius 3 is 3.05 bits per heavy atom. The van der Waals surface area contributed by atoms with Crippen LogP contribution in [0.15, 0.2) is 24.3 Å². The van der Waals surface area contributed by atoms with Crippen LogP contribution in [0.1, 0.15) is 31.9 Å². The molecular weight excluding hydrogens is 320 g/mol. The van der Waals surface area contributed by atoms with Crippen molar-refractivity contribution in [2.45, 2.75) is 32.4 Å². The lowest BCUT2D eigenvalue weighted by Gasteiger charge is -2.23. The van der Waals surface area contributed by atoms with Crippen LogP contribution in [0.5, 0.6) is 5.75 Å². The molecule has 0 saturated carbocycles. The summed E-state index contributed by atoms with van der Waals surface area (Å²) >= 11 is 1.91. The number of carbonyl (C=O) groups excluding carboxylic acids is 1. The quantitative estimate of drug-likeness (QED) is 0.833. The highest BCUT2D eigenvalue weighted by Gasteiger charge is 2.18. The zero-order valence-electron chi connectivity index (χ0n) is 13.1. The molecule has 1 aliphatic rings. The number of carbonyl (C=O) groups is 1. The van der Waals surface area contributed by atoms with Crippen LogP contribution in [0.25, 0.3) is 0 Å². The van der Waals surface area contributed by atoms with Crippen LogP contribution >= 0.6 is 24.2 Å². The molecule has 1 heterocycles. The highest BCUT2D eigenvalue weighted by atomic mass is 35.5. The van der Waals surface area contributed by atoms with Gasteiger partial charge < -0.3 is 15.4 Å². The molecule has 1 aliphatic heterocycles. The van der Waals surface area contributed by atoms with Crippen molar-refractivity contribution in [2.24, 2.45) is 0 Å². The van der Waals surface area contributed by atoms with Crippen molar-refractivity contribution in [3.8, 4) is 5.75 Å². The van der Waals surface area contributed by atoms with E-state index in [1.54, 1.807) is 0 Å². The molecule has 0 aromatic heterocycles. The second-order valence-corrected chi connectivity index (χ2v) is 6.37. The van der Waals surface area contributed by atoms with Gasteiger partial charge in [-0.25, -0.2) is 0 Å². The fraction of sp³-hybridized carbons (Fsp3) is 0.562. The van der Waals surface area contributed by atoms with Crippen LogP contribution in [0.4, 0.5) is 0 Å². The summed E-state index contributed by atoms with van der Waals surface area (Å²) in [7, 11) is 0. The molecule has 124 valence electrons. The molecule has 0 spiro atoms. The SMILES string of the molecule is CCOc1cccc(C(C)NC(=O)CC2CSCCN2)c1.Cl. The zero-order chi connectivity index (χ0) is 15.1. The van der Waals surface area contributed by atoms with Gasteiger partial charge in [-0.3, -0.25) is 4.79 Å². The average Bonchev–Trinajstić information content (AvgIpc) is 2.48. The molecule has 0 aliphatic carbocycles. The minimum Gasteiger partial charge on any atom is -0.494 e. The van der Waals surface area contributed by atoms with Crippen LogP contribution in [0.3, 0.4) is 0 Å². The van der Waals surface area contributed by atoms with Crippen LogP contribution in [-0.4, -0.2) is 36.6 Å². The average molecular weight is 345 g/mol. The number of ether oxygens (including phenoxy) is 1. The van der Waals surface area contributed by atoms with Gasteiger partial charge in [0.2, 0.25) is 5.91 Å². The van der Waals surface area contributed by atoms with Gasteiger partial charge in [-0.1, -0.05) is 12.1 Å². The number of halogens is 1. The number of benzene rings is 1. The number of hydrogen-bond acceptors (Lipinski definition) is 4. The highest BCUT2D eigenvalue weighted by molar-refractivity contribution is 7.99. The Morgan fingerprint density at radius 1 is 1.55 bits per heavy atom. The minimum absolute atomic E-state index is 0. The molecular formula is C16H25ClN2O2S. The maximum absolute atomic E-state index is 12.1. The Hall–Kier alpha value is -0.910. The summed E-state index contributed by atoms with van der Waals surface area (Å²) in [6, 6.07) is 8.19. The van der Waals surface area contributed by atoms with Gasteiger partial charge in [-0.05, 0) is 31.5 Å². The van der Waals surface area contributed by atoms with Crippen molar-refractivity contribution in [3.05, 3.63) is 29.8 Å². The van der Waals surface area contributed by atoms with E-state index in [-0.39, 0.29) is 24.4 Å². The maximum atomic E-state index is 12.1. The van der Waals surface area contributed by atoms with E-state index < -0.39 is 0 Å². The molecule has 1 saturated heterocycles. The number of hydrogen-bond donors (Lipinski definition) is 2. The van der Waals surface area contributed by atoms with Crippen LogP contribution in [0, 0.1) is 0 Å². The van der Waals surface area contributed by atoms with Gasteiger partial charge in [-0.15, -0.1) is 12.4 Å². The predicted octanol–water partition coefficient (Wildman–Crippen LogP) is 2.78. The van der Waals surface area contributed by atoms with E-state index in [2.05, 4.69) is 10.6 Å². The summed E-state index contributed by atoms with van der Waals surface area (Å²) in [5.41, 5.74) is 1.07. The molecule has 0 radical (unpaired) electrons. The van der Waals surface area contributed by atoms with Crippen molar-refractivity contribution in [1.29, 1.82) is 0 Å². The fourth-order valence-electron chi connectivity index (χ4n) is 2.40. The molecule has 6 heteroatoms. The molecule has 2 unspecified atom stereocenters. The lowest BCUT2D eigenvalue weighted by molar-refractivity contribution is -0.122. The highest BCUT2D eigenvalue weighted by Crippen LogP contribution is 2.19. The van der Waals surface area contributed by atoms with Crippen LogP contribution in [0.2, 0.25) is 0 Å². The Kier molecular flexibility index (Phi) is 8.68. The molecule has 2 rings (SSSR count). The summed E-state index contributed by atoms with van der Waals surface area (Å²) in [6.07, 6.45) is 0.544. The third kappa shape index (κ3) is 6.07. The number of amides is 1. The molecule has 1 fully saturated rings. The van der Waals surface area contributed by atoms with E-state index >= 15 is 0 Å². The largest absolute Gasteiger partial charge is 0.494 e. The van der Waals surface area contributed by atoms with Gasteiger partial charge in [0, 0.05) is 30.5 Å². The zero-order valence-corrected chi connectivity index (χ0v) is 14.8. The molecule has 1 amide bonds. The van der Waals surface area contributed by atoms with E-state index in [1.807, 2.05) is 49.9 Å². The van der Waals surface area contributed by atoms with E-state index in [4.69, 9.17) is 4.74 Å². The van der Waals surface area contributed by atoms with E-state index in [1.165, 1.54) is 0 Å². The van der Waals surface area contributed by atoms with Gasteiger partial charge in [0.1, 0.15) is 5.75 Å². The molecule has 2 N–H and O–H groups in total. The van der Waals surface area contributed by atoms with E-state index in [0.717, 1.165) is 29.4 Å². The van der Waals surface area contributed by atoms with Gasteiger partial charge >= 0.3 is 0 Å². The first kappa shape index (κ1) is 19.1. The summed E-state index contributed by atoms with van der Waals surface area (Å²) in [5.74, 6) is 3.10. The van der Waals surface area contributed by atoms with Gasteiger partial charge in [0.25, 0.3) is 0 Å². The number of nitrogens with one attached hydrogen (secondary N) is 2. The van der Waals surface area contributed by atoms with Gasteiger partial charge in [-0.2, -0.15) is 11.8 Å². The van der Waals surface area contributed by atoms with E-state index in [0.29, 0.717) is 19.1 Å². The first-order valence-corrected chi connectivity index (χ1v) is 8.67. The first-order chi connectivity index (χ1) is 10.2. The topological polar surface area (TPSA) is 50.4 Å². The summed E-state index contributed by atoms with van der Waals surface area (Å²) in [6.45, 7) is 5.61. The fourth-order valence-corrected chi connectivity index (χ4v) is 3.35. The third-order valence-corrected chi connectivity index (χ3v) is 4.61. The lowest BCUT2D eigenvalue weighted by atomic mass is 10.1. The maximum Gasteiger partial charge on any atom is 0.222 e. The molecule has 0 bridgehead atoms. The van der Waals surface area contributed by atoms with Crippen molar-refractivity contribution in [2.75, 3.05) is 24.7 Å². The van der Waals surface area contributed by atoms with Crippen LogP contribution in [-0.2, 0) is 4.79 Å². The molecule has 4 nitrogen and oxygen atoms in total. The third-order valence-electron chi connectivity index (χ3n) is 3.48. The predicted molar refractivity (Wildman–Crippen MR) is 95.1 cm³/mol. The summed E-state index contributed by atoms with van der Waals surface area (Å²) < 4.78 is 5.50. The molecule has 22 heavy (non-hydrogen) atoms. The summed E-state index contributed by atoms with van der Waals surface area (Å²) in [5, 5.41) is 6.46. The smallest absolute Gasteiger partial charge is 0.222 e. The Balaban J connectivity index is 0.00000242. The van der Waals surface area contributed by atoms with Gasteiger partial charge in [0.15, 0.2) is 0 Å². The minimum atomic E-state index is -0.00542. The lowest BCUT2D eigenvalue weighted by Crippen LogP contribution is -2.41. The Labute approximate surface area is 143 Å². The second-order valence-electron chi connectivity index (χ2n) is 5.22. The molecule has 1 aromatic carbocycles. The standard InChI is InChI=1S/C16H24N2O2S.ClH/c1-3-20-15-6-4-5-13(9-15)12(2)18-16(19)10-14-11-21-8-7-17-14;/h4-6,9,12,14,17H,3,7-8,10-11H2,1-2H3,(H,18,19);1H. The van der Waals surface area contributed by atoms with Crippen molar-refractivity contribution in [3.63, 3.8) is 0 Å². The monoisotopic (exact) mass is 344 g/mol. The molecule has 1 aromatic rings. The normalized spacial score (nSPS) is 18.9. The second kappa shape index (κ2) is 9.98. The first-order valence-electron chi connectivity index (χ1n) is 7.52. The summed E-state index contributed by atoms with van der Waals surface area (Å²) in [4.78, 5) is 12.1. The Morgan fingerprint density at radius 2 is 2.36 bits per heavy atom. The van der Waals surface area contributed by atoms with Crippen molar-refractivity contribution in [1.82, 2.24) is 10.6 Å². The van der Waals surface area contributed by atoms with Crippen molar-refractivity contribution < 1.29 is 9.53 Å². The van der Waals surface area contributed by atoms with E-state index in [9.17, 15) is 4.79 Å².